The van der Waals surface area contributed by atoms with Crippen LogP contribution < -0.4 is 10.2 Å². The highest BCUT2D eigenvalue weighted by Gasteiger charge is 2.21. The van der Waals surface area contributed by atoms with Gasteiger partial charge < -0.3 is 10.2 Å². The van der Waals surface area contributed by atoms with Crippen LogP contribution in [0.5, 0.6) is 0 Å². The molecule has 3 rings (SSSR count). The van der Waals surface area contributed by atoms with Gasteiger partial charge in [-0.25, -0.2) is 0 Å². The number of benzene rings is 2. The Morgan fingerprint density at radius 1 is 1.12 bits per heavy atom. The van der Waals surface area contributed by atoms with Crippen LogP contribution in [0.2, 0.25) is 0 Å². The number of halogens is 1. The number of hydrogen-bond acceptors (Lipinski definition) is 2. The summed E-state index contributed by atoms with van der Waals surface area (Å²) in [5, 5.41) is 2.90. The smallest absolute Gasteiger partial charge is 0.255 e. The van der Waals surface area contributed by atoms with Gasteiger partial charge in [0.05, 0.1) is 0 Å². The minimum Gasteiger partial charge on any atom is -0.322 e. The van der Waals surface area contributed by atoms with E-state index in [1.54, 1.807) is 12.1 Å². The maximum Gasteiger partial charge on any atom is 0.255 e. The van der Waals surface area contributed by atoms with Gasteiger partial charge >= 0.3 is 0 Å². The lowest BCUT2D eigenvalue weighted by molar-refractivity contribution is -0.119. The average Bonchev–Trinajstić information content (AvgIpc) is 2.56. The first-order valence-electron chi connectivity index (χ1n) is 8.02. The molecule has 0 aromatic heterocycles. The van der Waals surface area contributed by atoms with Gasteiger partial charge in [-0.1, -0.05) is 15.9 Å². The van der Waals surface area contributed by atoms with Crippen LogP contribution in [0.25, 0.3) is 0 Å². The molecule has 4 nitrogen and oxygen atoms in total. The quantitative estimate of drug-likeness (QED) is 0.842. The van der Waals surface area contributed by atoms with Gasteiger partial charge in [0, 0.05) is 34.4 Å². The molecule has 0 aliphatic carbocycles. The molecule has 1 saturated heterocycles. The van der Waals surface area contributed by atoms with E-state index in [1.807, 2.05) is 42.2 Å². The van der Waals surface area contributed by atoms with E-state index in [9.17, 15) is 9.59 Å². The number of nitrogens with zero attached hydrogens (tertiary/aromatic N) is 1. The van der Waals surface area contributed by atoms with Crippen LogP contribution in [0.15, 0.2) is 46.9 Å². The first-order valence-corrected chi connectivity index (χ1v) is 8.82. The van der Waals surface area contributed by atoms with E-state index < -0.39 is 0 Å². The average molecular weight is 387 g/mol. The van der Waals surface area contributed by atoms with Gasteiger partial charge in [-0.2, -0.15) is 0 Å². The van der Waals surface area contributed by atoms with Crippen LogP contribution in [-0.4, -0.2) is 18.4 Å². The van der Waals surface area contributed by atoms with Crippen molar-refractivity contribution in [1.82, 2.24) is 0 Å². The molecule has 24 heavy (non-hydrogen) atoms. The van der Waals surface area contributed by atoms with Gasteiger partial charge in [0.2, 0.25) is 5.91 Å². The number of piperidine rings is 1. The van der Waals surface area contributed by atoms with Crippen molar-refractivity contribution in [2.24, 2.45) is 0 Å². The molecule has 1 heterocycles. The maximum atomic E-state index is 12.3. The number of carbonyl (C=O) groups is 2. The van der Waals surface area contributed by atoms with Crippen LogP contribution in [-0.2, 0) is 4.79 Å². The van der Waals surface area contributed by atoms with Gasteiger partial charge in [0.25, 0.3) is 5.91 Å². The fourth-order valence-electron chi connectivity index (χ4n) is 2.90. The van der Waals surface area contributed by atoms with E-state index in [0.717, 1.165) is 40.8 Å². The Hall–Kier alpha value is -2.14. The van der Waals surface area contributed by atoms with E-state index in [4.69, 9.17) is 0 Å². The zero-order valence-electron chi connectivity index (χ0n) is 13.5. The highest BCUT2D eigenvalue weighted by Crippen LogP contribution is 2.27. The van der Waals surface area contributed by atoms with Crippen LogP contribution in [0.4, 0.5) is 11.4 Å². The third-order valence-corrected chi connectivity index (χ3v) is 4.70. The molecule has 0 atom stereocenters. The largest absolute Gasteiger partial charge is 0.322 e. The lowest BCUT2D eigenvalue weighted by Gasteiger charge is -2.28. The van der Waals surface area contributed by atoms with Gasteiger partial charge in [-0.3, -0.25) is 9.59 Å². The van der Waals surface area contributed by atoms with Crippen molar-refractivity contribution in [3.8, 4) is 0 Å². The summed E-state index contributed by atoms with van der Waals surface area (Å²) in [6, 6.07) is 12.9. The molecule has 124 valence electrons. The minimum absolute atomic E-state index is 0.149. The molecule has 2 aromatic rings. The van der Waals surface area contributed by atoms with Crippen LogP contribution in [0.3, 0.4) is 0 Å². The monoisotopic (exact) mass is 386 g/mol. The number of hydrogen-bond donors (Lipinski definition) is 1. The normalized spacial score (nSPS) is 14.6. The molecule has 1 aliphatic heterocycles. The first-order chi connectivity index (χ1) is 11.5. The lowest BCUT2D eigenvalue weighted by Crippen LogP contribution is -2.35. The molecule has 0 bridgehead atoms. The third-order valence-electron chi connectivity index (χ3n) is 4.18. The van der Waals surface area contributed by atoms with Gasteiger partial charge in [-0.15, -0.1) is 0 Å². The molecular weight excluding hydrogens is 368 g/mol. The number of rotatable bonds is 3. The van der Waals surface area contributed by atoms with E-state index in [-0.39, 0.29) is 11.8 Å². The fourth-order valence-corrected chi connectivity index (χ4v) is 3.17. The molecule has 5 heteroatoms. The molecule has 0 saturated carbocycles. The summed E-state index contributed by atoms with van der Waals surface area (Å²) in [5.41, 5.74) is 3.25. The predicted octanol–water partition coefficient (Wildman–Crippen LogP) is 4.53. The van der Waals surface area contributed by atoms with Crippen molar-refractivity contribution in [1.29, 1.82) is 0 Å². The minimum atomic E-state index is -0.149. The highest BCUT2D eigenvalue weighted by molar-refractivity contribution is 9.10. The zero-order valence-corrected chi connectivity index (χ0v) is 15.1. The molecule has 1 aliphatic rings. The van der Waals surface area contributed by atoms with Crippen molar-refractivity contribution < 1.29 is 9.59 Å². The van der Waals surface area contributed by atoms with Crippen molar-refractivity contribution in [2.75, 3.05) is 16.8 Å². The molecule has 0 unspecified atom stereocenters. The van der Waals surface area contributed by atoms with Crippen LogP contribution in [0, 0.1) is 6.92 Å². The molecule has 1 fully saturated rings. The highest BCUT2D eigenvalue weighted by atomic mass is 79.9. The van der Waals surface area contributed by atoms with Crippen molar-refractivity contribution in [3.63, 3.8) is 0 Å². The first kappa shape index (κ1) is 16.7. The van der Waals surface area contributed by atoms with Crippen molar-refractivity contribution >= 4 is 39.1 Å². The van der Waals surface area contributed by atoms with Gasteiger partial charge in [0.1, 0.15) is 0 Å². The second kappa shape index (κ2) is 7.18. The zero-order chi connectivity index (χ0) is 17.1. The second-order valence-corrected chi connectivity index (χ2v) is 6.88. The lowest BCUT2D eigenvalue weighted by atomic mass is 10.1. The Labute approximate surface area is 150 Å². The summed E-state index contributed by atoms with van der Waals surface area (Å²) in [7, 11) is 0. The van der Waals surface area contributed by atoms with E-state index in [2.05, 4.69) is 21.2 Å². The van der Waals surface area contributed by atoms with Crippen molar-refractivity contribution in [2.45, 2.75) is 26.2 Å². The SMILES string of the molecule is Cc1cc(NC(=O)c2ccc(Br)cc2)ccc1N1CCCCC1=O. The summed E-state index contributed by atoms with van der Waals surface area (Å²) < 4.78 is 0.936. The topological polar surface area (TPSA) is 49.4 Å². The summed E-state index contributed by atoms with van der Waals surface area (Å²) in [6.45, 7) is 2.73. The van der Waals surface area contributed by atoms with Crippen LogP contribution in [0.1, 0.15) is 35.2 Å². The predicted molar refractivity (Wildman–Crippen MR) is 99.5 cm³/mol. The third kappa shape index (κ3) is 3.67. The number of carbonyl (C=O) groups excluding carboxylic acids is 2. The Bertz CT molecular complexity index is 771. The Balaban J connectivity index is 1.76. The van der Waals surface area contributed by atoms with Gasteiger partial charge in [-0.05, 0) is 67.8 Å². The van der Waals surface area contributed by atoms with Crippen LogP contribution >= 0.6 is 15.9 Å². The Morgan fingerprint density at radius 2 is 1.88 bits per heavy atom. The van der Waals surface area contributed by atoms with E-state index >= 15 is 0 Å². The summed E-state index contributed by atoms with van der Waals surface area (Å²) >= 11 is 3.36. The fraction of sp³-hybridized carbons (Fsp3) is 0.263. The number of nitrogens with one attached hydrogen (secondary N) is 1. The molecule has 1 N–H and O–H groups in total. The standard InChI is InChI=1S/C19H19BrN2O2/c1-13-12-16(21-19(24)14-5-7-15(20)8-6-14)9-10-17(13)22-11-3-2-4-18(22)23/h5-10,12H,2-4,11H2,1H3,(H,21,24). The number of anilines is 2. The number of aryl methyl sites for hydroxylation is 1. The number of amides is 2. The van der Waals surface area contributed by atoms with E-state index in [1.165, 1.54) is 0 Å². The Morgan fingerprint density at radius 3 is 2.54 bits per heavy atom. The van der Waals surface area contributed by atoms with Gasteiger partial charge in [0.15, 0.2) is 0 Å². The van der Waals surface area contributed by atoms with Crippen molar-refractivity contribution in [3.05, 3.63) is 58.1 Å². The Kier molecular flexibility index (Phi) is 5.00. The molecule has 2 aromatic carbocycles. The van der Waals surface area contributed by atoms with E-state index in [0.29, 0.717) is 12.0 Å². The second-order valence-electron chi connectivity index (χ2n) is 5.96. The maximum absolute atomic E-state index is 12.3. The molecule has 2 amide bonds. The summed E-state index contributed by atoms with van der Waals surface area (Å²) in [6.07, 6.45) is 2.62. The summed E-state index contributed by atoms with van der Waals surface area (Å²) in [5.74, 6) is 0.0275. The summed E-state index contributed by atoms with van der Waals surface area (Å²) in [4.78, 5) is 26.2. The molecule has 0 radical (unpaired) electrons. The molecular formula is C19H19BrN2O2. The molecule has 0 spiro atoms.